The van der Waals surface area contributed by atoms with Crippen LogP contribution in [0.5, 0.6) is 0 Å². The maximum atomic E-state index is 12.3. The number of furan rings is 1. The summed E-state index contributed by atoms with van der Waals surface area (Å²) in [6.07, 6.45) is 3.51. The van der Waals surface area contributed by atoms with Crippen LogP contribution < -0.4 is 10.0 Å². The summed E-state index contributed by atoms with van der Waals surface area (Å²) in [4.78, 5) is 12.5. The van der Waals surface area contributed by atoms with Crippen LogP contribution in [0.15, 0.2) is 76.2 Å². The Bertz CT molecular complexity index is 1010. The normalized spacial score (nSPS) is 11.3. The van der Waals surface area contributed by atoms with Crippen molar-refractivity contribution < 1.29 is 17.6 Å². The second-order valence-corrected chi connectivity index (χ2v) is 8.65. The average Bonchev–Trinajstić information content (AvgIpc) is 3.21. The number of carbonyl (C=O) groups is 1. The van der Waals surface area contributed by atoms with E-state index in [0.717, 1.165) is 11.3 Å². The smallest absolute Gasteiger partial charge is 0.255 e. The zero-order valence-corrected chi connectivity index (χ0v) is 16.8. The lowest BCUT2D eigenvalue weighted by Gasteiger charge is -2.08. The molecule has 0 spiro atoms. The van der Waals surface area contributed by atoms with Crippen LogP contribution in [0.4, 0.5) is 5.69 Å². The van der Waals surface area contributed by atoms with Gasteiger partial charge in [-0.05, 0) is 60.4 Å². The van der Waals surface area contributed by atoms with Gasteiger partial charge in [0.25, 0.3) is 5.91 Å². The van der Waals surface area contributed by atoms with Gasteiger partial charge in [-0.3, -0.25) is 4.79 Å². The molecule has 0 unspecified atom stereocenters. The molecular formula is C20H20N2O4S2. The number of rotatable bonds is 8. The first-order chi connectivity index (χ1) is 13.5. The Morgan fingerprint density at radius 1 is 1.04 bits per heavy atom. The van der Waals surface area contributed by atoms with Crippen molar-refractivity contribution in [2.45, 2.75) is 17.2 Å². The number of hydrogen-bond acceptors (Lipinski definition) is 5. The summed E-state index contributed by atoms with van der Waals surface area (Å²) in [5, 5.41) is 2.77. The molecule has 0 fully saturated rings. The summed E-state index contributed by atoms with van der Waals surface area (Å²) in [6, 6.07) is 16.8. The summed E-state index contributed by atoms with van der Waals surface area (Å²) < 4.78 is 32.2. The van der Waals surface area contributed by atoms with E-state index in [4.69, 9.17) is 4.42 Å². The van der Waals surface area contributed by atoms with Crippen LogP contribution in [0.1, 0.15) is 21.7 Å². The van der Waals surface area contributed by atoms with E-state index in [1.54, 1.807) is 48.2 Å². The predicted molar refractivity (Wildman–Crippen MR) is 111 cm³/mol. The molecule has 3 aromatic rings. The van der Waals surface area contributed by atoms with Gasteiger partial charge in [-0.25, -0.2) is 13.1 Å². The Hall–Kier alpha value is -2.55. The second-order valence-electron chi connectivity index (χ2n) is 6.01. The van der Waals surface area contributed by atoms with E-state index in [1.165, 1.54) is 18.4 Å². The van der Waals surface area contributed by atoms with Gasteiger partial charge in [-0.2, -0.15) is 11.8 Å². The van der Waals surface area contributed by atoms with Crippen molar-refractivity contribution in [1.82, 2.24) is 4.72 Å². The molecule has 6 nitrogen and oxygen atoms in total. The van der Waals surface area contributed by atoms with Gasteiger partial charge >= 0.3 is 0 Å². The molecular weight excluding hydrogens is 396 g/mol. The maximum absolute atomic E-state index is 12.3. The lowest BCUT2D eigenvalue weighted by molar-refractivity contribution is 0.102. The predicted octanol–water partition coefficient (Wildman–Crippen LogP) is 3.87. The van der Waals surface area contributed by atoms with Gasteiger partial charge in [0.15, 0.2) is 0 Å². The van der Waals surface area contributed by atoms with Crippen LogP contribution in [-0.2, 0) is 22.3 Å². The average molecular weight is 417 g/mol. The fourth-order valence-electron chi connectivity index (χ4n) is 2.50. The molecule has 0 saturated heterocycles. The van der Waals surface area contributed by atoms with Gasteiger partial charge in [-0.15, -0.1) is 0 Å². The van der Waals surface area contributed by atoms with Crippen molar-refractivity contribution >= 4 is 33.4 Å². The van der Waals surface area contributed by atoms with Crippen LogP contribution in [0.3, 0.4) is 0 Å². The van der Waals surface area contributed by atoms with Crippen molar-refractivity contribution in [3.63, 3.8) is 0 Å². The Morgan fingerprint density at radius 2 is 1.75 bits per heavy atom. The van der Waals surface area contributed by atoms with E-state index in [-0.39, 0.29) is 17.3 Å². The number of amides is 1. The molecule has 1 heterocycles. The first kappa shape index (κ1) is 20.2. The van der Waals surface area contributed by atoms with Crippen molar-refractivity contribution in [3.05, 3.63) is 83.8 Å². The van der Waals surface area contributed by atoms with Gasteiger partial charge in [0.1, 0.15) is 5.76 Å². The molecule has 0 bridgehead atoms. The van der Waals surface area contributed by atoms with Gasteiger partial charge in [0.05, 0.1) is 17.7 Å². The molecule has 8 heteroatoms. The summed E-state index contributed by atoms with van der Waals surface area (Å²) in [5.41, 5.74) is 2.21. The molecule has 1 amide bonds. The largest absolute Gasteiger partial charge is 0.468 e. The zero-order valence-electron chi connectivity index (χ0n) is 15.2. The topological polar surface area (TPSA) is 88.4 Å². The van der Waals surface area contributed by atoms with Crippen molar-refractivity contribution in [1.29, 1.82) is 0 Å². The molecule has 0 atom stereocenters. The van der Waals surface area contributed by atoms with E-state index in [0.29, 0.717) is 17.0 Å². The molecule has 0 aliphatic carbocycles. The summed E-state index contributed by atoms with van der Waals surface area (Å²) in [5.74, 6) is 1.17. The van der Waals surface area contributed by atoms with Crippen LogP contribution in [0, 0.1) is 0 Å². The fraction of sp³-hybridized carbons (Fsp3) is 0.150. The first-order valence-electron chi connectivity index (χ1n) is 8.49. The minimum atomic E-state index is -3.67. The lowest BCUT2D eigenvalue weighted by atomic mass is 10.1. The quantitative estimate of drug-likeness (QED) is 0.582. The third kappa shape index (κ3) is 5.25. The Kier molecular flexibility index (Phi) is 6.56. The van der Waals surface area contributed by atoms with Gasteiger partial charge in [-0.1, -0.05) is 12.1 Å². The number of sulfonamides is 1. The minimum absolute atomic E-state index is 0.0698. The van der Waals surface area contributed by atoms with Crippen molar-refractivity contribution in [2.75, 3.05) is 11.6 Å². The van der Waals surface area contributed by atoms with Crippen LogP contribution >= 0.6 is 11.8 Å². The third-order valence-electron chi connectivity index (χ3n) is 3.97. The SMILES string of the molecule is CSCc1ccc(C(=O)Nc2ccc(S(=O)(=O)NCc3ccco3)cc2)cc1. The summed E-state index contributed by atoms with van der Waals surface area (Å²) >= 11 is 1.72. The number of thioether (sulfide) groups is 1. The molecule has 0 saturated carbocycles. The molecule has 2 N–H and O–H groups in total. The van der Waals surface area contributed by atoms with E-state index >= 15 is 0 Å². The van der Waals surface area contributed by atoms with E-state index in [2.05, 4.69) is 10.0 Å². The fourth-order valence-corrected chi connectivity index (χ4v) is 4.02. The molecule has 0 aliphatic rings. The number of benzene rings is 2. The van der Waals surface area contributed by atoms with Gasteiger partial charge in [0, 0.05) is 17.0 Å². The number of nitrogens with one attached hydrogen (secondary N) is 2. The molecule has 0 aliphatic heterocycles. The molecule has 1 aromatic heterocycles. The Balaban J connectivity index is 1.62. The zero-order chi connectivity index (χ0) is 20.0. The molecule has 0 radical (unpaired) electrons. The van der Waals surface area contributed by atoms with E-state index in [9.17, 15) is 13.2 Å². The van der Waals surface area contributed by atoms with Crippen LogP contribution in [-0.4, -0.2) is 20.6 Å². The number of hydrogen-bond donors (Lipinski definition) is 2. The summed E-state index contributed by atoms with van der Waals surface area (Å²) in [6.45, 7) is 0.0698. The summed E-state index contributed by atoms with van der Waals surface area (Å²) in [7, 11) is -3.67. The molecule has 3 rings (SSSR count). The monoisotopic (exact) mass is 416 g/mol. The highest BCUT2D eigenvalue weighted by atomic mass is 32.2. The van der Waals surface area contributed by atoms with Gasteiger partial charge in [0.2, 0.25) is 10.0 Å². The Morgan fingerprint density at radius 3 is 2.36 bits per heavy atom. The third-order valence-corrected chi connectivity index (χ3v) is 6.01. The van der Waals surface area contributed by atoms with Crippen molar-refractivity contribution in [2.24, 2.45) is 0 Å². The first-order valence-corrected chi connectivity index (χ1v) is 11.4. The molecule has 28 heavy (non-hydrogen) atoms. The minimum Gasteiger partial charge on any atom is -0.468 e. The van der Waals surface area contributed by atoms with E-state index in [1.807, 2.05) is 18.4 Å². The number of anilines is 1. The lowest BCUT2D eigenvalue weighted by Crippen LogP contribution is -2.23. The van der Waals surface area contributed by atoms with Gasteiger partial charge < -0.3 is 9.73 Å². The van der Waals surface area contributed by atoms with Crippen molar-refractivity contribution in [3.8, 4) is 0 Å². The highest BCUT2D eigenvalue weighted by molar-refractivity contribution is 7.97. The highest BCUT2D eigenvalue weighted by Gasteiger charge is 2.15. The van der Waals surface area contributed by atoms with E-state index < -0.39 is 10.0 Å². The number of carbonyl (C=O) groups excluding carboxylic acids is 1. The maximum Gasteiger partial charge on any atom is 0.255 e. The molecule has 146 valence electrons. The second kappa shape index (κ2) is 9.09. The standard InChI is InChI=1S/C20H20N2O4S2/c1-27-14-15-4-6-16(7-5-15)20(23)22-17-8-10-19(11-9-17)28(24,25)21-13-18-3-2-12-26-18/h2-12,21H,13-14H2,1H3,(H,22,23). The molecule has 2 aromatic carbocycles. The van der Waals surface area contributed by atoms with Crippen LogP contribution in [0.25, 0.3) is 0 Å². The highest BCUT2D eigenvalue weighted by Crippen LogP contribution is 2.16. The van der Waals surface area contributed by atoms with Crippen LogP contribution in [0.2, 0.25) is 0 Å². The Labute approximate surface area is 168 Å².